The van der Waals surface area contributed by atoms with Gasteiger partial charge in [0.15, 0.2) is 12.2 Å². The molecule has 0 saturated heterocycles. The number of hydrogen-bond donors (Lipinski definition) is 4. The van der Waals surface area contributed by atoms with Gasteiger partial charge in [0.1, 0.15) is 36.2 Å². The molecule has 0 saturated carbocycles. The van der Waals surface area contributed by atoms with Gasteiger partial charge in [0, 0.05) is 25.7 Å². The molecule has 4 aromatic carbocycles. The van der Waals surface area contributed by atoms with Crippen LogP contribution in [0.3, 0.4) is 0 Å². The molecular weight excluding hydrogens is 961 g/mol. The molecule has 12 nitrogen and oxygen atoms in total. The number of phenolic OH excluding ortho intramolecular Hbond substituents is 4. The molecule has 0 amide bonds. The minimum absolute atomic E-state index is 0.0504. The van der Waals surface area contributed by atoms with Crippen LogP contribution in [0.25, 0.3) is 0 Å². The Labute approximate surface area is 453 Å². The normalized spacial score (nSPS) is 13.0. The highest BCUT2D eigenvalue weighted by Gasteiger charge is 2.33. The molecule has 0 aliphatic heterocycles. The van der Waals surface area contributed by atoms with E-state index in [1.807, 2.05) is 159 Å². The van der Waals surface area contributed by atoms with E-state index in [0.29, 0.717) is 38.5 Å². The summed E-state index contributed by atoms with van der Waals surface area (Å²) < 4.78 is 23.9. The molecule has 2 atom stereocenters. The highest BCUT2D eigenvalue weighted by molar-refractivity contribution is 5.73. The number of rotatable bonds is 23. The van der Waals surface area contributed by atoms with E-state index in [9.17, 15) is 39.6 Å². The Morgan fingerprint density at radius 2 is 0.579 bits per heavy atom. The quantitative estimate of drug-likeness (QED) is 0.0407. The molecule has 12 heteroatoms. The number of hydrogen-bond acceptors (Lipinski definition) is 12. The first kappa shape index (κ1) is 62.5. The molecule has 0 aliphatic rings. The first-order valence-electron chi connectivity index (χ1n) is 27.4. The molecule has 0 fully saturated rings. The maximum absolute atomic E-state index is 14.0. The van der Waals surface area contributed by atoms with Crippen LogP contribution in [0.1, 0.15) is 203 Å². The van der Waals surface area contributed by atoms with Crippen LogP contribution >= 0.6 is 0 Å². The minimum Gasteiger partial charge on any atom is -0.507 e. The molecule has 0 aliphatic carbocycles. The van der Waals surface area contributed by atoms with E-state index in [4.69, 9.17) is 18.9 Å². The zero-order chi connectivity index (χ0) is 57.1. The summed E-state index contributed by atoms with van der Waals surface area (Å²) in [7, 11) is 0. The Hall–Kier alpha value is -6.04. The average molecular weight is 1050 g/mol. The molecule has 0 bridgehead atoms. The van der Waals surface area contributed by atoms with Crippen molar-refractivity contribution in [3.8, 4) is 23.0 Å². The summed E-state index contributed by atoms with van der Waals surface area (Å²) in [4.78, 5) is 55.4. The lowest BCUT2D eigenvalue weighted by atomic mass is 9.83. The molecule has 4 N–H and O–H groups in total. The van der Waals surface area contributed by atoms with Gasteiger partial charge in [0.25, 0.3) is 0 Å². The molecule has 0 aromatic heterocycles. The van der Waals surface area contributed by atoms with Gasteiger partial charge in [-0.15, -0.1) is 0 Å². The predicted molar refractivity (Wildman–Crippen MR) is 300 cm³/mol. The number of esters is 4. The number of benzene rings is 4. The second kappa shape index (κ2) is 26.3. The lowest BCUT2D eigenvalue weighted by Gasteiger charge is -2.27. The van der Waals surface area contributed by atoms with E-state index in [2.05, 4.69) is 0 Å². The van der Waals surface area contributed by atoms with Crippen molar-refractivity contribution in [3.05, 3.63) is 115 Å². The van der Waals surface area contributed by atoms with Crippen LogP contribution in [-0.2, 0) is 111 Å². The van der Waals surface area contributed by atoms with Crippen LogP contribution in [0.15, 0.2) is 48.5 Å². The van der Waals surface area contributed by atoms with Crippen molar-refractivity contribution in [1.29, 1.82) is 0 Å². The highest BCUT2D eigenvalue weighted by Crippen LogP contribution is 2.39. The maximum atomic E-state index is 14.0. The fraction of sp³-hybridized carbons (Fsp3) is 0.562. The monoisotopic (exact) mass is 1050 g/mol. The highest BCUT2D eigenvalue weighted by atomic mass is 16.6. The number of ether oxygens (including phenoxy) is 4. The van der Waals surface area contributed by atoms with Gasteiger partial charge in [-0.3, -0.25) is 19.2 Å². The lowest BCUT2D eigenvalue weighted by Crippen LogP contribution is -2.42. The fourth-order valence-electron chi connectivity index (χ4n) is 9.35. The second-order valence-corrected chi connectivity index (χ2v) is 24.4. The molecule has 4 aromatic rings. The zero-order valence-corrected chi connectivity index (χ0v) is 48.7. The summed E-state index contributed by atoms with van der Waals surface area (Å²) in [6.07, 6.45) is 0.312. The molecule has 76 heavy (non-hydrogen) atoms. The third-order valence-electron chi connectivity index (χ3n) is 14.0. The van der Waals surface area contributed by atoms with Crippen LogP contribution in [0.5, 0.6) is 23.0 Å². The molecule has 2 unspecified atom stereocenters. The van der Waals surface area contributed by atoms with E-state index in [1.165, 1.54) is 0 Å². The largest absolute Gasteiger partial charge is 0.507 e. The third-order valence-corrected chi connectivity index (χ3v) is 14.0. The Balaban J connectivity index is 1.68. The van der Waals surface area contributed by atoms with Gasteiger partial charge in [-0.1, -0.05) is 159 Å². The molecule has 418 valence electrons. The number of aryl methyl sites for hydroxylation is 8. The van der Waals surface area contributed by atoms with Crippen LogP contribution in [0.4, 0.5) is 0 Å². The van der Waals surface area contributed by atoms with E-state index in [0.717, 1.165) is 66.8 Å². The molecule has 4 rings (SSSR count). The second-order valence-electron chi connectivity index (χ2n) is 24.4. The smallest absolute Gasteiger partial charge is 0.306 e. The Morgan fingerprint density at radius 3 is 0.776 bits per heavy atom. The van der Waals surface area contributed by atoms with Crippen LogP contribution in [0, 0.1) is 0 Å². The van der Waals surface area contributed by atoms with Gasteiger partial charge in [-0.2, -0.15) is 0 Å². The van der Waals surface area contributed by atoms with Gasteiger partial charge < -0.3 is 39.4 Å². The van der Waals surface area contributed by atoms with E-state index in [-0.39, 0.29) is 83.2 Å². The number of phenols is 4. The Morgan fingerprint density at radius 1 is 0.368 bits per heavy atom. The Bertz CT molecular complexity index is 2480. The van der Waals surface area contributed by atoms with Crippen LogP contribution in [-0.4, -0.2) is 69.7 Å². The summed E-state index contributed by atoms with van der Waals surface area (Å²) in [5, 5.41) is 44.1. The topological polar surface area (TPSA) is 186 Å². The van der Waals surface area contributed by atoms with Crippen molar-refractivity contribution in [1.82, 2.24) is 0 Å². The molecular formula is C64H90O12. The van der Waals surface area contributed by atoms with Gasteiger partial charge in [-0.25, -0.2) is 0 Å². The maximum Gasteiger partial charge on any atom is 0.306 e. The zero-order valence-electron chi connectivity index (χ0n) is 48.7. The van der Waals surface area contributed by atoms with Crippen molar-refractivity contribution >= 4 is 23.9 Å². The fourth-order valence-corrected chi connectivity index (χ4v) is 9.35. The summed E-state index contributed by atoms with van der Waals surface area (Å²) in [6, 6.07) is 15.1. The van der Waals surface area contributed by atoms with Gasteiger partial charge in [-0.05, 0) is 140 Å². The van der Waals surface area contributed by atoms with Crippen LogP contribution in [0.2, 0.25) is 0 Å². The standard InChI is InChI=1S/C64H90O12/c1-17-43-29-39(33-47(57(43)69)61(5,6)7)21-25-53(65)73-37-51(75-55(67)27-23-41-31-45(19-3)59(71)49(35-41)63(11,12)13)52(76-56(68)28-24-42-32-46(20-4)60(72)50(36-42)64(14,15)16)38-74-54(66)26-22-40-30-44(18-2)58(70)48(34-40)62(8,9)10/h29-36,51-52,69-72H,17-28,37-38H2,1-16H3. The van der Waals surface area contributed by atoms with Crippen molar-refractivity contribution in [2.45, 2.75) is 222 Å². The third kappa shape index (κ3) is 17.5. The first-order chi connectivity index (χ1) is 35.3. The van der Waals surface area contributed by atoms with Crippen molar-refractivity contribution < 1.29 is 58.6 Å². The lowest BCUT2D eigenvalue weighted by molar-refractivity contribution is -0.182. The SMILES string of the molecule is CCc1cc(CCC(=O)OCC(OC(=O)CCc2cc(CC)c(O)c(C(C)(C)C)c2)C(COC(=O)CCc2cc(CC)c(O)c(C(C)(C)C)c2)OC(=O)CCc2cc(CC)c(O)c(C(C)(C)C)c2)cc(C(C)(C)C)c1O. The van der Waals surface area contributed by atoms with Crippen molar-refractivity contribution in [2.24, 2.45) is 0 Å². The molecule has 0 spiro atoms. The van der Waals surface area contributed by atoms with Crippen LogP contribution < -0.4 is 0 Å². The van der Waals surface area contributed by atoms with Gasteiger partial charge >= 0.3 is 23.9 Å². The summed E-state index contributed by atoms with van der Waals surface area (Å²) in [6.45, 7) is 30.9. The minimum atomic E-state index is -1.40. The van der Waals surface area contributed by atoms with Crippen molar-refractivity contribution in [2.75, 3.05) is 13.2 Å². The van der Waals surface area contributed by atoms with Gasteiger partial charge in [0.05, 0.1) is 0 Å². The molecule has 0 radical (unpaired) electrons. The predicted octanol–water partition coefficient (Wildman–Crippen LogP) is 12.7. The first-order valence-corrected chi connectivity index (χ1v) is 27.4. The van der Waals surface area contributed by atoms with E-state index >= 15 is 0 Å². The Kier molecular flexibility index (Phi) is 21.7. The summed E-state index contributed by atoms with van der Waals surface area (Å²) in [5.74, 6) is -1.65. The van der Waals surface area contributed by atoms with E-state index < -0.39 is 49.3 Å². The summed E-state index contributed by atoms with van der Waals surface area (Å²) >= 11 is 0. The van der Waals surface area contributed by atoms with Gasteiger partial charge in [0.2, 0.25) is 0 Å². The summed E-state index contributed by atoms with van der Waals surface area (Å²) in [5.41, 5.74) is 7.92. The van der Waals surface area contributed by atoms with E-state index in [1.54, 1.807) is 0 Å². The number of aromatic hydroxyl groups is 4. The average Bonchev–Trinajstić information content (AvgIpc) is 3.33. The number of carbonyl (C=O) groups excluding carboxylic acids is 4. The van der Waals surface area contributed by atoms with Crippen molar-refractivity contribution in [3.63, 3.8) is 0 Å². The number of carbonyl (C=O) groups is 4. The molecule has 0 heterocycles.